The summed E-state index contributed by atoms with van der Waals surface area (Å²) in [4.78, 5) is 2.43. The van der Waals surface area contributed by atoms with Gasteiger partial charge in [0.1, 0.15) is 11.5 Å². The number of nitrogens with two attached hydrogens (primary N) is 1. The molecule has 1 atom stereocenters. The molecule has 0 spiro atoms. The van der Waals surface area contributed by atoms with E-state index in [4.69, 9.17) is 15.2 Å². The Bertz CT molecular complexity index is 395. The van der Waals surface area contributed by atoms with Gasteiger partial charge in [-0.3, -0.25) is 4.90 Å². The van der Waals surface area contributed by atoms with Gasteiger partial charge >= 0.3 is 0 Å². The lowest BCUT2D eigenvalue weighted by molar-refractivity contribution is 0.246. The molecule has 0 aromatic heterocycles. The van der Waals surface area contributed by atoms with Gasteiger partial charge in [-0.15, -0.1) is 0 Å². The third kappa shape index (κ3) is 2.76. The molecule has 18 heavy (non-hydrogen) atoms. The van der Waals surface area contributed by atoms with Gasteiger partial charge in [0.25, 0.3) is 0 Å². The van der Waals surface area contributed by atoms with Crippen LogP contribution in [0, 0.1) is 0 Å². The second-order valence-corrected chi connectivity index (χ2v) is 4.68. The zero-order valence-electron chi connectivity index (χ0n) is 11.2. The standard InChI is InChI=1S/C14H22N2O2/c1-17-13-6-5-11(14(8-13)18-2)10-16-7-3-4-12(16)9-15/h5-6,8,12H,3-4,7,9-10,15H2,1-2H3. The predicted molar refractivity (Wildman–Crippen MR) is 72.0 cm³/mol. The molecule has 1 aromatic rings. The van der Waals surface area contributed by atoms with Crippen molar-refractivity contribution in [3.63, 3.8) is 0 Å². The topological polar surface area (TPSA) is 47.7 Å². The highest BCUT2D eigenvalue weighted by atomic mass is 16.5. The van der Waals surface area contributed by atoms with Crippen LogP contribution in [-0.4, -0.2) is 38.3 Å². The molecule has 0 amide bonds. The summed E-state index contributed by atoms with van der Waals surface area (Å²) in [7, 11) is 3.36. The average molecular weight is 250 g/mol. The molecule has 0 radical (unpaired) electrons. The molecule has 4 nitrogen and oxygen atoms in total. The van der Waals surface area contributed by atoms with Crippen LogP contribution < -0.4 is 15.2 Å². The number of benzene rings is 1. The molecular weight excluding hydrogens is 228 g/mol. The maximum absolute atomic E-state index is 5.80. The molecule has 1 unspecified atom stereocenters. The Morgan fingerprint density at radius 1 is 1.33 bits per heavy atom. The van der Waals surface area contributed by atoms with E-state index in [0.29, 0.717) is 6.04 Å². The minimum absolute atomic E-state index is 0.511. The summed E-state index contributed by atoms with van der Waals surface area (Å²) in [6.07, 6.45) is 2.44. The van der Waals surface area contributed by atoms with Crippen molar-refractivity contribution in [3.05, 3.63) is 23.8 Å². The Hall–Kier alpha value is -1.26. The van der Waals surface area contributed by atoms with E-state index < -0.39 is 0 Å². The molecule has 2 N–H and O–H groups in total. The second-order valence-electron chi connectivity index (χ2n) is 4.68. The zero-order chi connectivity index (χ0) is 13.0. The van der Waals surface area contributed by atoms with E-state index >= 15 is 0 Å². The zero-order valence-corrected chi connectivity index (χ0v) is 11.2. The summed E-state index contributed by atoms with van der Waals surface area (Å²) in [6.45, 7) is 2.75. The van der Waals surface area contributed by atoms with Gasteiger partial charge < -0.3 is 15.2 Å². The monoisotopic (exact) mass is 250 g/mol. The van der Waals surface area contributed by atoms with Crippen molar-refractivity contribution in [2.75, 3.05) is 27.3 Å². The molecule has 1 fully saturated rings. The smallest absolute Gasteiger partial charge is 0.127 e. The Kier molecular flexibility index (Phi) is 4.44. The number of likely N-dealkylation sites (tertiary alicyclic amines) is 1. The third-order valence-corrected chi connectivity index (χ3v) is 3.64. The highest BCUT2D eigenvalue weighted by Gasteiger charge is 2.23. The van der Waals surface area contributed by atoms with Crippen LogP contribution >= 0.6 is 0 Å². The van der Waals surface area contributed by atoms with Gasteiger partial charge in [-0.25, -0.2) is 0 Å². The summed E-state index contributed by atoms with van der Waals surface area (Å²) in [5.41, 5.74) is 6.99. The maximum Gasteiger partial charge on any atom is 0.127 e. The van der Waals surface area contributed by atoms with Crippen LogP contribution in [0.25, 0.3) is 0 Å². The largest absolute Gasteiger partial charge is 0.497 e. The average Bonchev–Trinajstić information content (AvgIpc) is 2.86. The van der Waals surface area contributed by atoms with E-state index in [1.165, 1.54) is 18.4 Å². The SMILES string of the molecule is COc1ccc(CN2CCCC2CN)c(OC)c1. The summed E-state index contributed by atoms with van der Waals surface area (Å²) < 4.78 is 10.6. The van der Waals surface area contributed by atoms with Crippen LogP contribution in [0.1, 0.15) is 18.4 Å². The van der Waals surface area contributed by atoms with E-state index in [1.54, 1.807) is 14.2 Å². The van der Waals surface area contributed by atoms with Crippen molar-refractivity contribution in [1.29, 1.82) is 0 Å². The molecule has 4 heteroatoms. The number of nitrogens with zero attached hydrogens (tertiary/aromatic N) is 1. The molecule has 2 rings (SSSR count). The van der Waals surface area contributed by atoms with Crippen molar-refractivity contribution >= 4 is 0 Å². The molecule has 1 aliphatic heterocycles. The summed E-state index contributed by atoms with van der Waals surface area (Å²) >= 11 is 0. The first-order valence-electron chi connectivity index (χ1n) is 6.43. The van der Waals surface area contributed by atoms with Gasteiger partial charge in [0, 0.05) is 30.8 Å². The van der Waals surface area contributed by atoms with Crippen LogP contribution in [0.2, 0.25) is 0 Å². The summed E-state index contributed by atoms with van der Waals surface area (Å²) in [6, 6.07) is 6.49. The quantitative estimate of drug-likeness (QED) is 0.863. The van der Waals surface area contributed by atoms with E-state index in [1.807, 2.05) is 12.1 Å². The molecule has 1 aliphatic rings. The fourth-order valence-corrected chi connectivity index (χ4v) is 2.57. The first-order valence-corrected chi connectivity index (χ1v) is 6.43. The van der Waals surface area contributed by atoms with Crippen molar-refractivity contribution in [1.82, 2.24) is 4.90 Å². The Labute approximate surface area is 109 Å². The minimum Gasteiger partial charge on any atom is -0.497 e. The molecule has 1 heterocycles. The van der Waals surface area contributed by atoms with Crippen LogP contribution in [0.4, 0.5) is 0 Å². The second kappa shape index (κ2) is 6.07. The lowest BCUT2D eigenvalue weighted by Crippen LogP contribution is -2.34. The van der Waals surface area contributed by atoms with E-state index in [0.717, 1.165) is 31.1 Å². The summed E-state index contributed by atoms with van der Waals surface area (Å²) in [5, 5.41) is 0. The van der Waals surface area contributed by atoms with Gasteiger partial charge in [-0.2, -0.15) is 0 Å². The lowest BCUT2D eigenvalue weighted by atomic mass is 10.1. The van der Waals surface area contributed by atoms with Gasteiger partial charge in [-0.05, 0) is 25.5 Å². The molecule has 1 saturated heterocycles. The number of methoxy groups -OCH3 is 2. The van der Waals surface area contributed by atoms with Crippen molar-refractivity contribution in [2.24, 2.45) is 5.73 Å². The fourth-order valence-electron chi connectivity index (χ4n) is 2.57. The van der Waals surface area contributed by atoms with Gasteiger partial charge in [0.15, 0.2) is 0 Å². The lowest BCUT2D eigenvalue weighted by Gasteiger charge is -2.24. The third-order valence-electron chi connectivity index (χ3n) is 3.64. The predicted octanol–water partition coefficient (Wildman–Crippen LogP) is 1.63. The van der Waals surface area contributed by atoms with E-state index in [-0.39, 0.29) is 0 Å². The number of rotatable bonds is 5. The highest BCUT2D eigenvalue weighted by molar-refractivity contribution is 5.40. The number of hydrogen-bond donors (Lipinski definition) is 1. The van der Waals surface area contributed by atoms with Crippen LogP contribution in [0.5, 0.6) is 11.5 Å². The van der Waals surface area contributed by atoms with Crippen molar-refractivity contribution in [2.45, 2.75) is 25.4 Å². The first-order chi connectivity index (χ1) is 8.78. The van der Waals surface area contributed by atoms with Crippen molar-refractivity contribution < 1.29 is 9.47 Å². The first kappa shape index (κ1) is 13.2. The Balaban J connectivity index is 2.13. The molecule has 0 saturated carbocycles. The van der Waals surface area contributed by atoms with Gasteiger partial charge in [0.2, 0.25) is 0 Å². The number of hydrogen-bond acceptors (Lipinski definition) is 4. The summed E-state index contributed by atoms with van der Waals surface area (Å²) in [5.74, 6) is 1.71. The molecule has 100 valence electrons. The maximum atomic E-state index is 5.80. The minimum atomic E-state index is 0.511. The molecule has 0 bridgehead atoms. The fraction of sp³-hybridized carbons (Fsp3) is 0.571. The van der Waals surface area contributed by atoms with Gasteiger partial charge in [-0.1, -0.05) is 6.07 Å². The molecule has 1 aromatic carbocycles. The molecular formula is C14H22N2O2. The molecule has 0 aliphatic carbocycles. The van der Waals surface area contributed by atoms with E-state index in [9.17, 15) is 0 Å². The Morgan fingerprint density at radius 2 is 2.17 bits per heavy atom. The van der Waals surface area contributed by atoms with Crippen molar-refractivity contribution in [3.8, 4) is 11.5 Å². The number of ether oxygens (including phenoxy) is 2. The normalized spacial score (nSPS) is 20.1. The van der Waals surface area contributed by atoms with E-state index in [2.05, 4.69) is 11.0 Å². The van der Waals surface area contributed by atoms with Gasteiger partial charge in [0.05, 0.1) is 14.2 Å². The van der Waals surface area contributed by atoms with Crippen LogP contribution in [0.15, 0.2) is 18.2 Å². The van der Waals surface area contributed by atoms with Crippen LogP contribution in [0.3, 0.4) is 0 Å². The highest BCUT2D eigenvalue weighted by Crippen LogP contribution is 2.28. The van der Waals surface area contributed by atoms with Crippen LogP contribution in [-0.2, 0) is 6.54 Å². The Morgan fingerprint density at radius 3 is 2.83 bits per heavy atom.